The van der Waals surface area contributed by atoms with Crippen molar-refractivity contribution >= 4 is 23.1 Å². The first kappa shape index (κ1) is 13.0. The Bertz CT molecular complexity index is 693. The normalized spacial score (nSPS) is 14.2. The van der Waals surface area contributed by atoms with Gasteiger partial charge in [0.15, 0.2) is 6.10 Å². The quantitative estimate of drug-likeness (QED) is 0.849. The second-order valence-electron chi connectivity index (χ2n) is 4.57. The van der Waals surface area contributed by atoms with E-state index in [4.69, 9.17) is 5.26 Å². The number of hydrogen-bond donors (Lipinski definition) is 1. The van der Waals surface area contributed by atoms with Gasteiger partial charge >= 0.3 is 0 Å². The fraction of sp³-hybridized carbons (Fsp3) is 0.188. The molecule has 1 aliphatic heterocycles. The maximum absolute atomic E-state index is 9.67. The Hall–Kier alpha value is -1.96. The second-order valence-corrected chi connectivity index (χ2v) is 5.66. The molecule has 3 nitrogen and oxygen atoms in total. The number of aliphatic hydroxyl groups excluding tert-OH is 1. The van der Waals surface area contributed by atoms with E-state index in [9.17, 15) is 5.11 Å². The summed E-state index contributed by atoms with van der Waals surface area (Å²) in [6.45, 7) is 3.00. The number of para-hydroxylation sites is 1. The highest BCUT2D eigenvalue weighted by Gasteiger charge is 2.22. The van der Waals surface area contributed by atoms with Crippen molar-refractivity contribution in [3.05, 3.63) is 48.0 Å². The lowest BCUT2D eigenvalue weighted by atomic mass is 10.1. The third-order valence-electron chi connectivity index (χ3n) is 3.40. The van der Waals surface area contributed by atoms with Crippen LogP contribution in [0.2, 0.25) is 0 Å². The van der Waals surface area contributed by atoms with Gasteiger partial charge in [0, 0.05) is 16.3 Å². The van der Waals surface area contributed by atoms with Crippen molar-refractivity contribution in [1.29, 1.82) is 5.26 Å². The van der Waals surface area contributed by atoms with Gasteiger partial charge in [-0.3, -0.25) is 0 Å². The molecular weight excluding hydrogens is 268 g/mol. The minimum absolute atomic E-state index is 0.647. The lowest BCUT2D eigenvalue weighted by Gasteiger charge is -2.32. The van der Waals surface area contributed by atoms with E-state index in [0.29, 0.717) is 5.56 Å². The number of nitrogens with zero attached hydrogens (tertiary/aromatic N) is 2. The lowest BCUT2D eigenvalue weighted by Crippen LogP contribution is -2.20. The molecule has 0 aromatic heterocycles. The summed E-state index contributed by atoms with van der Waals surface area (Å²) >= 11 is 1.68. The maximum atomic E-state index is 9.67. The Morgan fingerprint density at radius 3 is 2.70 bits per heavy atom. The Morgan fingerprint density at radius 2 is 1.95 bits per heavy atom. The summed E-state index contributed by atoms with van der Waals surface area (Å²) in [7, 11) is 0. The third-order valence-corrected chi connectivity index (χ3v) is 4.52. The molecule has 20 heavy (non-hydrogen) atoms. The summed E-state index contributed by atoms with van der Waals surface area (Å²) in [4.78, 5) is 4.53. The van der Waals surface area contributed by atoms with Gasteiger partial charge in [-0.15, -0.1) is 0 Å². The zero-order valence-electron chi connectivity index (χ0n) is 11.1. The molecule has 100 valence electrons. The Balaban J connectivity index is 2.10. The fourth-order valence-electron chi connectivity index (χ4n) is 2.44. The van der Waals surface area contributed by atoms with Gasteiger partial charge in [-0.25, -0.2) is 0 Å². The van der Waals surface area contributed by atoms with E-state index in [0.717, 1.165) is 17.1 Å². The van der Waals surface area contributed by atoms with Crippen LogP contribution in [0.15, 0.2) is 52.3 Å². The average molecular weight is 282 g/mol. The first-order chi connectivity index (χ1) is 9.74. The average Bonchev–Trinajstić information content (AvgIpc) is 2.51. The van der Waals surface area contributed by atoms with Crippen molar-refractivity contribution in [2.75, 3.05) is 11.4 Å². The summed E-state index contributed by atoms with van der Waals surface area (Å²) < 4.78 is 0. The van der Waals surface area contributed by atoms with Crippen LogP contribution in [0.3, 0.4) is 0 Å². The van der Waals surface area contributed by atoms with Crippen LogP contribution >= 0.6 is 11.8 Å². The smallest absolute Gasteiger partial charge is 0.165 e. The highest BCUT2D eigenvalue weighted by Crippen LogP contribution is 2.48. The van der Waals surface area contributed by atoms with Gasteiger partial charge < -0.3 is 10.0 Å². The van der Waals surface area contributed by atoms with E-state index in [1.54, 1.807) is 11.8 Å². The minimum Gasteiger partial charge on any atom is -0.374 e. The van der Waals surface area contributed by atoms with Crippen molar-refractivity contribution in [2.24, 2.45) is 0 Å². The molecule has 0 radical (unpaired) electrons. The number of hydrogen-bond acceptors (Lipinski definition) is 4. The molecule has 2 aromatic carbocycles. The molecule has 1 aliphatic rings. The van der Waals surface area contributed by atoms with Gasteiger partial charge in [0.1, 0.15) is 0 Å². The molecule has 0 fully saturated rings. The molecule has 1 atom stereocenters. The van der Waals surface area contributed by atoms with E-state index in [1.165, 1.54) is 10.6 Å². The third kappa shape index (κ3) is 2.05. The van der Waals surface area contributed by atoms with Crippen LogP contribution in [0.25, 0.3) is 0 Å². The van der Waals surface area contributed by atoms with Crippen LogP contribution in [-0.2, 0) is 0 Å². The van der Waals surface area contributed by atoms with Gasteiger partial charge in [0.2, 0.25) is 0 Å². The molecule has 0 saturated carbocycles. The first-order valence-electron chi connectivity index (χ1n) is 6.50. The van der Waals surface area contributed by atoms with Crippen molar-refractivity contribution in [3.63, 3.8) is 0 Å². The fourth-order valence-corrected chi connectivity index (χ4v) is 3.58. The monoisotopic (exact) mass is 282 g/mol. The molecule has 0 bridgehead atoms. The van der Waals surface area contributed by atoms with Gasteiger partial charge in [-0.1, -0.05) is 30.0 Å². The first-order valence-corrected chi connectivity index (χ1v) is 7.32. The molecule has 0 unspecified atom stereocenters. The van der Waals surface area contributed by atoms with Crippen LogP contribution in [0.4, 0.5) is 11.4 Å². The molecule has 0 aliphatic carbocycles. The van der Waals surface area contributed by atoms with Crippen molar-refractivity contribution < 1.29 is 5.11 Å². The van der Waals surface area contributed by atoms with E-state index in [1.807, 2.05) is 36.4 Å². The molecule has 0 spiro atoms. The topological polar surface area (TPSA) is 47.3 Å². The van der Waals surface area contributed by atoms with E-state index >= 15 is 0 Å². The van der Waals surface area contributed by atoms with Crippen LogP contribution in [-0.4, -0.2) is 11.7 Å². The number of aliphatic hydroxyl groups is 1. The molecule has 4 heteroatoms. The summed E-state index contributed by atoms with van der Waals surface area (Å²) in [6, 6.07) is 15.9. The predicted octanol–water partition coefficient (Wildman–Crippen LogP) is 3.87. The summed E-state index contributed by atoms with van der Waals surface area (Å²) in [6.07, 6.45) is -1.06. The lowest BCUT2D eigenvalue weighted by molar-refractivity contribution is 0.235. The van der Waals surface area contributed by atoms with Crippen molar-refractivity contribution in [1.82, 2.24) is 0 Å². The van der Waals surface area contributed by atoms with Gasteiger partial charge in [-0.2, -0.15) is 5.26 Å². The van der Waals surface area contributed by atoms with Gasteiger partial charge in [-0.05, 0) is 36.8 Å². The van der Waals surface area contributed by atoms with E-state index < -0.39 is 6.10 Å². The zero-order chi connectivity index (χ0) is 14.1. The number of nitriles is 1. The molecule has 1 N–H and O–H groups in total. The van der Waals surface area contributed by atoms with E-state index in [2.05, 4.69) is 24.0 Å². The largest absolute Gasteiger partial charge is 0.374 e. The summed E-state index contributed by atoms with van der Waals surface area (Å²) in [5.74, 6) is 0. The van der Waals surface area contributed by atoms with Crippen LogP contribution < -0.4 is 4.90 Å². The molecule has 0 amide bonds. The summed E-state index contributed by atoms with van der Waals surface area (Å²) in [5.41, 5.74) is 2.99. The zero-order valence-corrected chi connectivity index (χ0v) is 11.9. The molecule has 0 saturated heterocycles. The number of fused-ring (bicyclic) bond motifs is 2. The van der Waals surface area contributed by atoms with Gasteiger partial charge in [0.25, 0.3) is 0 Å². The van der Waals surface area contributed by atoms with Crippen LogP contribution in [0, 0.1) is 11.3 Å². The highest BCUT2D eigenvalue weighted by atomic mass is 32.2. The van der Waals surface area contributed by atoms with Crippen molar-refractivity contribution in [3.8, 4) is 6.07 Å². The number of anilines is 2. The Kier molecular flexibility index (Phi) is 3.39. The highest BCUT2D eigenvalue weighted by molar-refractivity contribution is 7.99. The molecular formula is C16H14N2OS. The predicted molar refractivity (Wildman–Crippen MR) is 80.3 cm³/mol. The minimum atomic E-state index is -1.06. The van der Waals surface area contributed by atoms with Crippen LogP contribution in [0.5, 0.6) is 0 Å². The van der Waals surface area contributed by atoms with Crippen LogP contribution in [0.1, 0.15) is 18.6 Å². The standard InChI is InChI=1S/C16H14N2OS/c1-2-18-12-5-3-4-6-15(12)20-16-9-11(14(19)10-17)7-8-13(16)18/h3-9,14,19H,2H2,1H3/t14-/m1/s1. The Morgan fingerprint density at radius 1 is 1.20 bits per heavy atom. The van der Waals surface area contributed by atoms with E-state index in [-0.39, 0.29) is 0 Å². The molecule has 3 rings (SSSR count). The van der Waals surface area contributed by atoms with Gasteiger partial charge in [0.05, 0.1) is 17.4 Å². The number of benzene rings is 2. The Labute approximate surface area is 122 Å². The second kappa shape index (κ2) is 5.20. The maximum Gasteiger partial charge on any atom is 0.165 e. The van der Waals surface area contributed by atoms with Crippen molar-refractivity contribution in [2.45, 2.75) is 22.8 Å². The number of rotatable bonds is 2. The molecule has 1 heterocycles. The SMILES string of the molecule is CCN1c2ccccc2Sc2cc([C@H](O)C#N)ccc21. The summed E-state index contributed by atoms with van der Waals surface area (Å²) in [5, 5.41) is 18.5. The molecule has 2 aromatic rings.